The molecule has 150 valence electrons. The van der Waals surface area contributed by atoms with Crippen LogP contribution < -0.4 is 0 Å². The number of hydrogen-bond donors (Lipinski definition) is 0. The van der Waals surface area contributed by atoms with Crippen molar-refractivity contribution in [3.05, 3.63) is 114 Å². The summed E-state index contributed by atoms with van der Waals surface area (Å²) < 4.78 is 3.56. The van der Waals surface area contributed by atoms with Crippen LogP contribution >= 0.6 is 15.9 Å². The standard InChI is InChI=1S/C30H18BrN/c31-25-15-18-26(24-12-6-5-11-23(24)25)32-27-16-13-19-7-1-3-9-21(19)29(27)30-22-10-4-2-8-20(22)14-17-28(30)32/h1-18H. The van der Waals surface area contributed by atoms with Crippen molar-refractivity contribution in [1.82, 2.24) is 4.57 Å². The van der Waals surface area contributed by atoms with E-state index in [1.807, 2.05) is 0 Å². The van der Waals surface area contributed by atoms with Crippen LogP contribution in [-0.4, -0.2) is 4.57 Å². The van der Waals surface area contributed by atoms with E-state index in [1.54, 1.807) is 0 Å². The zero-order chi connectivity index (χ0) is 21.2. The summed E-state index contributed by atoms with van der Waals surface area (Å²) in [5, 5.41) is 10.2. The van der Waals surface area contributed by atoms with Crippen LogP contribution in [0.2, 0.25) is 0 Å². The van der Waals surface area contributed by atoms with Crippen LogP contribution in [0.3, 0.4) is 0 Å². The number of nitrogens with zero attached hydrogens (tertiary/aromatic N) is 1. The fourth-order valence-corrected chi connectivity index (χ4v) is 5.73. The molecule has 1 aromatic heterocycles. The normalized spacial score (nSPS) is 11.9. The Morgan fingerprint density at radius 3 is 1.53 bits per heavy atom. The summed E-state index contributed by atoms with van der Waals surface area (Å²) in [7, 11) is 0. The zero-order valence-electron chi connectivity index (χ0n) is 17.2. The Morgan fingerprint density at radius 2 is 0.938 bits per heavy atom. The number of fused-ring (bicyclic) bond motifs is 8. The van der Waals surface area contributed by atoms with Gasteiger partial charge in [0.15, 0.2) is 0 Å². The highest BCUT2D eigenvalue weighted by molar-refractivity contribution is 9.10. The molecule has 0 atom stereocenters. The van der Waals surface area contributed by atoms with Crippen LogP contribution in [0.4, 0.5) is 0 Å². The molecule has 0 aliphatic heterocycles. The van der Waals surface area contributed by atoms with E-state index in [1.165, 1.54) is 59.8 Å². The average molecular weight is 472 g/mol. The summed E-state index contributed by atoms with van der Waals surface area (Å²) in [5.41, 5.74) is 3.68. The highest BCUT2D eigenvalue weighted by Crippen LogP contribution is 2.42. The molecule has 0 saturated heterocycles. The fourth-order valence-electron chi connectivity index (χ4n) is 5.25. The summed E-state index contributed by atoms with van der Waals surface area (Å²) in [4.78, 5) is 0. The maximum atomic E-state index is 3.75. The van der Waals surface area contributed by atoms with Crippen LogP contribution in [0.15, 0.2) is 114 Å². The van der Waals surface area contributed by atoms with Gasteiger partial charge in [-0.15, -0.1) is 0 Å². The second-order valence-corrected chi connectivity index (χ2v) is 9.16. The van der Waals surface area contributed by atoms with Gasteiger partial charge in [-0.25, -0.2) is 0 Å². The van der Waals surface area contributed by atoms with Gasteiger partial charge in [-0.2, -0.15) is 0 Å². The molecule has 7 aromatic rings. The Balaban J connectivity index is 1.79. The molecule has 0 aliphatic rings. The molecule has 32 heavy (non-hydrogen) atoms. The van der Waals surface area contributed by atoms with Crippen molar-refractivity contribution in [1.29, 1.82) is 0 Å². The van der Waals surface area contributed by atoms with E-state index >= 15 is 0 Å². The zero-order valence-corrected chi connectivity index (χ0v) is 18.8. The van der Waals surface area contributed by atoms with E-state index < -0.39 is 0 Å². The first-order valence-corrected chi connectivity index (χ1v) is 11.6. The first kappa shape index (κ1) is 18.0. The monoisotopic (exact) mass is 471 g/mol. The molecule has 1 heterocycles. The molecule has 0 saturated carbocycles. The van der Waals surface area contributed by atoms with Gasteiger partial charge in [0, 0.05) is 20.6 Å². The van der Waals surface area contributed by atoms with Gasteiger partial charge in [0.1, 0.15) is 0 Å². The fraction of sp³-hybridized carbons (Fsp3) is 0. The summed E-state index contributed by atoms with van der Waals surface area (Å²) >= 11 is 3.75. The average Bonchev–Trinajstić information content (AvgIpc) is 3.20. The van der Waals surface area contributed by atoms with Gasteiger partial charge >= 0.3 is 0 Å². The van der Waals surface area contributed by atoms with E-state index in [4.69, 9.17) is 0 Å². The van der Waals surface area contributed by atoms with Crippen LogP contribution in [0.1, 0.15) is 0 Å². The molecule has 0 N–H and O–H groups in total. The number of hydrogen-bond acceptors (Lipinski definition) is 0. The van der Waals surface area contributed by atoms with E-state index in [9.17, 15) is 0 Å². The van der Waals surface area contributed by atoms with Crippen LogP contribution in [-0.2, 0) is 0 Å². The number of halogens is 1. The third-order valence-corrected chi connectivity index (χ3v) is 7.33. The van der Waals surface area contributed by atoms with Crippen LogP contribution in [0.5, 0.6) is 0 Å². The van der Waals surface area contributed by atoms with Crippen molar-refractivity contribution < 1.29 is 0 Å². The quantitative estimate of drug-likeness (QED) is 0.225. The maximum Gasteiger partial charge on any atom is 0.0548 e. The van der Waals surface area contributed by atoms with Gasteiger partial charge in [-0.1, -0.05) is 101 Å². The molecular weight excluding hydrogens is 454 g/mol. The SMILES string of the molecule is Brc1ccc(-n2c3ccc4ccccc4c3c3c4ccccc4ccc32)c2ccccc12. The van der Waals surface area contributed by atoms with Crippen molar-refractivity contribution in [2.24, 2.45) is 0 Å². The highest BCUT2D eigenvalue weighted by atomic mass is 79.9. The van der Waals surface area contributed by atoms with Crippen molar-refractivity contribution in [3.8, 4) is 5.69 Å². The molecule has 7 rings (SSSR count). The lowest BCUT2D eigenvalue weighted by atomic mass is 10.00. The summed E-state index contributed by atoms with van der Waals surface area (Å²) in [5.74, 6) is 0. The van der Waals surface area contributed by atoms with E-state index in [0.29, 0.717) is 0 Å². The molecule has 0 radical (unpaired) electrons. The minimum absolute atomic E-state index is 1.12. The molecule has 0 aliphatic carbocycles. The lowest BCUT2D eigenvalue weighted by molar-refractivity contribution is 1.20. The third kappa shape index (κ3) is 2.39. The first-order chi connectivity index (χ1) is 15.8. The minimum atomic E-state index is 1.12. The largest absolute Gasteiger partial charge is 0.309 e. The number of rotatable bonds is 1. The Bertz CT molecular complexity index is 1750. The Kier molecular flexibility index (Phi) is 3.76. The topological polar surface area (TPSA) is 4.93 Å². The Morgan fingerprint density at radius 1 is 0.438 bits per heavy atom. The second kappa shape index (κ2) is 6.69. The van der Waals surface area contributed by atoms with Gasteiger partial charge in [0.05, 0.1) is 16.7 Å². The van der Waals surface area contributed by atoms with Crippen LogP contribution in [0, 0.1) is 0 Å². The second-order valence-electron chi connectivity index (χ2n) is 8.31. The van der Waals surface area contributed by atoms with Gasteiger partial charge in [-0.3, -0.25) is 0 Å². The van der Waals surface area contributed by atoms with Crippen molar-refractivity contribution >= 4 is 70.1 Å². The lowest BCUT2D eigenvalue weighted by Crippen LogP contribution is -1.95. The van der Waals surface area contributed by atoms with Gasteiger partial charge < -0.3 is 4.57 Å². The van der Waals surface area contributed by atoms with E-state index in [2.05, 4.69) is 130 Å². The molecule has 2 heteroatoms. The minimum Gasteiger partial charge on any atom is -0.309 e. The van der Waals surface area contributed by atoms with Gasteiger partial charge in [-0.05, 0) is 51.2 Å². The first-order valence-electron chi connectivity index (χ1n) is 10.8. The third-order valence-electron chi connectivity index (χ3n) is 6.63. The summed E-state index contributed by atoms with van der Waals surface area (Å²) in [6, 6.07) is 39.5. The van der Waals surface area contributed by atoms with Gasteiger partial charge in [0.2, 0.25) is 0 Å². The lowest BCUT2D eigenvalue weighted by Gasteiger charge is -2.13. The molecule has 6 aromatic carbocycles. The Labute approximate surface area is 193 Å². The molecule has 0 bridgehead atoms. The van der Waals surface area contributed by atoms with Crippen molar-refractivity contribution in [2.45, 2.75) is 0 Å². The van der Waals surface area contributed by atoms with E-state index in [0.717, 1.165) is 4.47 Å². The predicted octanol–water partition coefficient (Wildman–Crippen LogP) is 9.01. The number of benzene rings is 6. The van der Waals surface area contributed by atoms with E-state index in [-0.39, 0.29) is 0 Å². The molecular formula is C30H18BrN. The van der Waals surface area contributed by atoms with Gasteiger partial charge in [0.25, 0.3) is 0 Å². The molecule has 0 amide bonds. The van der Waals surface area contributed by atoms with Crippen molar-refractivity contribution in [2.75, 3.05) is 0 Å². The summed E-state index contributed by atoms with van der Waals surface area (Å²) in [6.45, 7) is 0. The smallest absolute Gasteiger partial charge is 0.0548 e. The molecule has 0 unspecified atom stereocenters. The maximum absolute atomic E-state index is 3.75. The van der Waals surface area contributed by atoms with Crippen LogP contribution in [0.25, 0.3) is 59.8 Å². The molecule has 0 spiro atoms. The molecule has 1 nitrogen and oxygen atoms in total. The molecule has 0 fully saturated rings. The highest BCUT2D eigenvalue weighted by Gasteiger charge is 2.18. The van der Waals surface area contributed by atoms with Crippen molar-refractivity contribution in [3.63, 3.8) is 0 Å². The Hall–Kier alpha value is -3.62. The summed E-state index contributed by atoms with van der Waals surface area (Å²) in [6.07, 6.45) is 0. The number of aromatic nitrogens is 1. The predicted molar refractivity (Wildman–Crippen MR) is 141 cm³/mol.